The minimum absolute atomic E-state index is 0.0713. The molecule has 0 aromatic heterocycles. The van der Waals surface area contributed by atoms with Gasteiger partial charge in [-0.15, -0.1) is 0 Å². The van der Waals surface area contributed by atoms with Crippen LogP contribution in [0.4, 0.5) is 0 Å². The second-order valence-electron chi connectivity index (χ2n) is 5.46. The van der Waals surface area contributed by atoms with E-state index in [1.54, 1.807) is 0 Å². The fraction of sp³-hybridized carbons (Fsp3) is 0.929. The molecule has 1 amide bonds. The summed E-state index contributed by atoms with van der Waals surface area (Å²) < 4.78 is 5.61. The molecule has 0 spiro atoms. The average molecular weight is 257 g/mol. The van der Waals surface area contributed by atoms with Gasteiger partial charge in [-0.2, -0.15) is 0 Å². The Hall–Kier alpha value is -0.610. The van der Waals surface area contributed by atoms with Crippen LogP contribution in [0.2, 0.25) is 0 Å². The zero-order valence-electron chi connectivity index (χ0n) is 11.7. The van der Waals surface area contributed by atoms with Crippen LogP contribution in [-0.2, 0) is 9.53 Å². The third-order valence-electron chi connectivity index (χ3n) is 3.85. The molecular formula is C14H27NO3. The van der Waals surface area contributed by atoms with Gasteiger partial charge in [0.05, 0.1) is 6.10 Å². The van der Waals surface area contributed by atoms with E-state index in [4.69, 9.17) is 9.84 Å². The van der Waals surface area contributed by atoms with Crippen LogP contribution < -0.4 is 5.32 Å². The molecule has 0 aromatic carbocycles. The van der Waals surface area contributed by atoms with E-state index in [-0.39, 0.29) is 24.2 Å². The summed E-state index contributed by atoms with van der Waals surface area (Å²) in [7, 11) is 0. The van der Waals surface area contributed by atoms with Crippen molar-refractivity contribution < 1.29 is 14.6 Å². The van der Waals surface area contributed by atoms with Crippen LogP contribution in [-0.4, -0.2) is 35.9 Å². The first-order chi connectivity index (χ1) is 8.59. The maximum atomic E-state index is 11.9. The van der Waals surface area contributed by atoms with E-state index < -0.39 is 0 Å². The Morgan fingerprint density at radius 2 is 2.28 bits per heavy atom. The van der Waals surface area contributed by atoms with E-state index in [0.29, 0.717) is 12.8 Å². The number of aliphatic hydroxyl groups excluding tert-OH is 1. The molecule has 0 aromatic rings. The summed E-state index contributed by atoms with van der Waals surface area (Å²) in [6.07, 6.45) is 6.46. The van der Waals surface area contributed by atoms with Gasteiger partial charge in [0.15, 0.2) is 0 Å². The first-order valence-corrected chi connectivity index (χ1v) is 7.13. The number of aliphatic hydroxyl groups is 1. The fourth-order valence-electron chi connectivity index (χ4n) is 2.30. The predicted octanol–water partition coefficient (Wildman–Crippen LogP) is 2.00. The van der Waals surface area contributed by atoms with Crippen molar-refractivity contribution in [3.05, 3.63) is 0 Å². The molecule has 0 bridgehead atoms. The summed E-state index contributed by atoms with van der Waals surface area (Å²) >= 11 is 0. The lowest BCUT2D eigenvalue weighted by atomic mass is 9.94. The Labute approximate surface area is 110 Å². The molecule has 0 saturated carbocycles. The summed E-state index contributed by atoms with van der Waals surface area (Å²) in [5, 5.41) is 12.0. The summed E-state index contributed by atoms with van der Waals surface area (Å²) in [6.45, 7) is 4.96. The van der Waals surface area contributed by atoms with Crippen molar-refractivity contribution in [3.8, 4) is 0 Å². The van der Waals surface area contributed by atoms with E-state index in [1.807, 2.05) is 13.8 Å². The lowest BCUT2D eigenvalue weighted by molar-refractivity contribution is -0.124. The number of hydrogen-bond acceptors (Lipinski definition) is 3. The topological polar surface area (TPSA) is 58.6 Å². The highest BCUT2D eigenvalue weighted by Gasteiger charge is 2.24. The van der Waals surface area contributed by atoms with Gasteiger partial charge in [-0.1, -0.05) is 6.92 Å². The first kappa shape index (κ1) is 15.4. The van der Waals surface area contributed by atoms with Crippen molar-refractivity contribution in [2.45, 2.75) is 70.4 Å². The third-order valence-corrected chi connectivity index (χ3v) is 3.85. The van der Waals surface area contributed by atoms with Gasteiger partial charge in [-0.25, -0.2) is 0 Å². The molecule has 1 saturated heterocycles. The minimum atomic E-state index is -0.279. The molecule has 2 N–H and O–H groups in total. The SMILES string of the molecule is CCC(C)(CCO)NC(=O)CCC1CCCCO1. The van der Waals surface area contributed by atoms with Gasteiger partial charge in [-0.05, 0) is 45.4 Å². The highest BCUT2D eigenvalue weighted by atomic mass is 16.5. The van der Waals surface area contributed by atoms with Crippen LogP contribution in [0, 0.1) is 0 Å². The minimum Gasteiger partial charge on any atom is -0.396 e. The molecule has 1 rings (SSSR count). The van der Waals surface area contributed by atoms with E-state index in [9.17, 15) is 4.79 Å². The van der Waals surface area contributed by atoms with Crippen molar-refractivity contribution >= 4 is 5.91 Å². The highest BCUT2D eigenvalue weighted by Crippen LogP contribution is 2.18. The van der Waals surface area contributed by atoms with Crippen LogP contribution in [0.15, 0.2) is 0 Å². The molecule has 1 aliphatic heterocycles. The number of nitrogens with one attached hydrogen (secondary N) is 1. The quantitative estimate of drug-likeness (QED) is 0.733. The van der Waals surface area contributed by atoms with Crippen LogP contribution in [0.1, 0.15) is 58.8 Å². The van der Waals surface area contributed by atoms with Crippen molar-refractivity contribution in [2.75, 3.05) is 13.2 Å². The molecule has 4 nitrogen and oxygen atoms in total. The average Bonchev–Trinajstić information content (AvgIpc) is 2.38. The lowest BCUT2D eigenvalue weighted by Crippen LogP contribution is -2.46. The number of ether oxygens (including phenoxy) is 1. The van der Waals surface area contributed by atoms with Crippen LogP contribution >= 0.6 is 0 Å². The number of hydrogen-bond donors (Lipinski definition) is 2. The summed E-state index contributed by atoms with van der Waals surface area (Å²) in [4.78, 5) is 11.9. The molecule has 2 unspecified atom stereocenters. The fourth-order valence-corrected chi connectivity index (χ4v) is 2.30. The lowest BCUT2D eigenvalue weighted by Gasteiger charge is -2.29. The molecule has 106 valence electrons. The van der Waals surface area contributed by atoms with E-state index in [0.717, 1.165) is 32.3 Å². The van der Waals surface area contributed by atoms with Gasteiger partial charge in [0.25, 0.3) is 0 Å². The van der Waals surface area contributed by atoms with Crippen LogP contribution in [0.3, 0.4) is 0 Å². The van der Waals surface area contributed by atoms with Gasteiger partial charge in [0.2, 0.25) is 5.91 Å². The number of amides is 1. The predicted molar refractivity (Wildman–Crippen MR) is 71.4 cm³/mol. The van der Waals surface area contributed by atoms with E-state index in [2.05, 4.69) is 5.32 Å². The summed E-state index contributed by atoms with van der Waals surface area (Å²) in [5.41, 5.74) is -0.279. The number of rotatable bonds is 7. The van der Waals surface area contributed by atoms with Crippen molar-refractivity contribution in [2.24, 2.45) is 0 Å². The largest absolute Gasteiger partial charge is 0.396 e. The molecule has 1 heterocycles. The van der Waals surface area contributed by atoms with Crippen LogP contribution in [0.5, 0.6) is 0 Å². The molecule has 1 fully saturated rings. The molecule has 4 heteroatoms. The Bertz CT molecular complexity index is 251. The smallest absolute Gasteiger partial charge is 0.220 e. The Kier molecular flexibility index (Phi) is 6.65. The van der Waals surface area contributed by atoms with Crippen molar-refractivity contribution in [1.82, 2.24) is 5.32 Å². The molecule has 0 radical (unpaired) electrons. The van der Waals surface area contributed by atoms with Crippen LogP contribution in [0.25, 0.3) is 0 Å². The molecule has 0 aliphatic carbocycles. The van der Waals surface area contributed by atoms with Crippen molar-refractivity contribution in [1.29, 1.82) is 0 Å². The summed E-state index contributed by atoms with van der Waals surface area (Å²) in [5.74, 6) is 0.0713. The van der Waals surface area contributed by atoms with Gasteiger partial charge in [0, 0.05) is 25.2 Å². The third kappa shape index (κ3) is 5.36. The van der Waals surface area contributed by atoms with Crippen molar-refractivity contribution in [3.63, 3.8) is 0 Å². The Morgan fingerprint density at radius 1 is 1.50 bits per heavy atom. The zero-order chi connectivity index (χ0) is 13.4. The Morgan fingerprint density at radius 3 is 2.83 bits per heavy atom. The number of carbonyl (C=O) groups is 1. The summed E-state index contributed by atoms with van der Waals surface area (Å²) in [6, 6.07) is 0. The maximum Gasteiger partial charge on any atom is 0.220 e. The first-order valence-electron chi connectivity index (χ1n) is 7.13. The Balaban J connectivity index is 2.27. The van der Waals surface area contributed by atoms with Gasteiger partial charge >= 0.3 is 0 Å². The second kappa shape index (κ2) is 7.74. The monoisotopic (exact) mass is 257 g/mol. The second-order valence-corrected chi connectivity index (χ2v) is 5.46. The zero-order valence-corrected chi connectivity index (χ0v) is 11.7. The normalized spacial score (nSPS) is 23.4. The molecule has 1 aliphatic rings. The highest BCUT2D eigenvalue weighted by molar-refractivity contribution is 5.76. The standard InChI is InChI=1S/C14H27NO3/c1-3-14(2,9-10-16)15-13(17)8-7-12-6-4-5-11-18-12/h12,16H,3-11H2,1-2H3,(H,15,17). The van der Waals surface area contributed by atoms with E-state index >= 15 is 0 Å². The molecule has 18 heavy (non-hydrogen) atoms. The van der Waals surface area contributed by atoms with Gasteiger partial charge in [0.1, 0.15) is 0 Å². The molecule has 2 atom stereocenters. The van der Waals surface area contributed by atoms with Gasteiger partial charge in [-0.3, -0.25) is 4.79 Å². The van der Waals surface area contributed by atoms with E-state index in [1.165, 1.54) is 6.42 Å². The molecular weight excluding hydrogens is 230 g/mol. The maximum absolute atomic E-state index is 11.9. The number of carbonyl (C=O) groups excluding carboxylic acids is 1. The van der Waals surface area contributed by atoms with Gasteiger partial charge < -0.3 is 15.2 Å².